The average Bonchev–Trinajstić information content (AvgIpc) is 3.19. The second-order valence-corrected chi connectivity index (χ2v) is 18.2. The van der Waals surface area contributed by atoms with Crippen molar-refractivity contribution in [2.45, 2.75) is 174 Å². The van der Waals surface area contributed by atoms with Crippen molar-refractivity contribution in [3.8, 4) is 0 Å². The molecule has 2 heterocycles. The maximum Gasteiger partial charge on any atom is 0.302 e. The molecule has 0 aromatic heterocycles. The molecule has 58 heavy (non-hydrogen) atoms. The van der Waals surface area contributed by atoms with Crippen molar-refractivity contribution in [2.24, 2.45) is 41.4 Å². The smallest absolute Gasteiger partial charge is 0.302 e. The van der Waals surface area contributed by atoms with Crippen molar-refractivity contribution in [3.05, 3.63) is 12.7 Å². The Balaban J connectivity index is 1.62. The first-order valence-electron chi connectivity index (χ1n) is 21.9. The molecule has 1 saturated carbocycles. The molecular formula is C45H77NO12. The van der Waals surface area contributed by atoms with E-state index in [4.69, 9.17) is 23.7 Å². The van der Waals surface area contributed by atoms with Crippen molar-refractivity contribution in [1.82, 2.24) is 4.90 Å². The van der Waals surface area contributed by atoms with Crippen LogP contribution in [0, 0.1) is 41.4 Å². The molecule has 0 aromatic rings. The second-order valence-electron chi connectivity index (χ2n) is 18.2. The number of Topliss-reactive ketones (excluding diaryl/α,β-unsaturated/α-hetero) is 2. The molecule has 1 amide bonds. The second kappa shape index (κ2) is 23.7. The van der Waals surface area contributed by atoms with Crippen molar-refractivity contribution in [1.29, 1.82) is 0 Å². The Labute approximate surface area is 347 Å². The number of aliphatic hydroxyl groups excluding tert-OH is 2. The fourth-order valence-electron chi connectivity index (χ4n) is 9.98. The van der Waals surface area contributed by atoms with Crippen LogP contribution in [0.15, 0.2) is 12.7 Å². The highest BCUT2D eigenvalue weighted by Crippen LogP contribution is 2.39. The maximum absolute atomic E-state index is 13.8. The van der Waals surface area contributed by atoms with Crippen molar-refractivity contribution in [3.63, 3.8) is 0 Å². The van der Waals surface area contributed by atoms with E-state index >= 15 is 0 Å². The first kappa shape index (κ1) is 50.1. The first-order chi connectivity index (χ1) is 27.4. The van der Waals surface area contributed by atoms with Crippen LogP contribution in [0.2, 0.25) is 0 Å². The summed E-state index contributed by atoms with van der Waals surface area (Å²) in [5.41, 5.74) is 0. The molecule has 15 atom stereocenters. The monoisotopic (exact) mass is 824 g/mol. The number of ketones is 2. The predicted octanol–water partition coefficient (Wildman–Crippen LogP) is 5.44. The van der Waals surface area contributed by atoms with Crippen LogP contribution >= 0.6 is 0 Å². The number of allylic oxidation sites excluding steroid dienone is 1. The number of amides is 1. The Kier molecular flexibility index (Phi) is 20.4. The Morgan fingerprint density at radius 3 is 2.16 bits per heavy atom. The summed E-state index contributed by atoms with van der Waals surface area (Å²) in [4.78, 5) is 54.3. The van der Waals surface area contributed by atoms with E-state index in [0.29, 0.717) is 51.6 Å². The first-order valence-corrected chi connectivity index (χ1v) is 21.9. The van der Waals surface area contributed by atoms with Gasteiger partial charge >= 0.3 is 5.97 Å². The maximum atomic E-state index is 13.8. The van der Waals surface area contributed by atoms with E-state index in [2.05, 4.69) is 20.4 Å². The number of methoxy groups -OCH3 is 3. The Morgan fingerprint density at radius 2 is 1.57 bits per heavy atom. The number of carbonyl (C=O) groups excluding carboxylic acids is 4. The topological polar surface area (TPSA) is 178 Å². The fraction of sp³-hybridized carbons (Fsp3) is 0.867. The standard InChI is InChI=1S/C45H77NO12/c1-11-15-34(37(50)26-36(49)31(6)41(57-32(7)47)29(4)23-33-16-17-35(48)38(25-33)54-8)21-27(2)20-28(3)22-39(55-9)42-40(56-10)24-30(5)45(53,58-42)43(51)44(52)46-18-13-12-14-19-46/h11,27-31,33-36,38-42,48-49,53H,1,12-26H2,2-10H3/t27?,28-,29?,30+,31+,33?,34?,35+,36-,38?,39-,40-,41+,42?,45?/m0/s1. The minimum Gasteiger partial charge on any atom is -0.462 e. The van der Waals surface area contributed by atoms with Gasteiger partial charge in [-0.1, -0.05) is 40.7 Å². The summed E-state index contributed by atoms with van der Waals surface area (Å²) in [6, 6.07) is 0. The van der Waals surface area contributed by atoms with Gasteiger partial charge in [0.1, 0.15) is 18.0 Å². The van der Waals surface area contributed by atoms with E-state index in [1.165, 1.54) is 11.8 Å². The van der Waals surface area contributed by atoms with E-state index in [-0.39, 0.29) is 47.9 Å². The molecule has 0 spiro atoms. The third-order valence-corrected chi connectivity index (χ3v) is 13.4. The number of esters is 1. The third-order valence-electron chi connectivity index (χ3n) is 13.4. The lowest BCUT2D eigenvalue weighted by Gasteiger charge is -2.46. The molecule has 3 rings (SSSR count). The number of nitrogens with zero attached hydrogens (tertiary/aromatic N) is 1. The predicted molar refractivity (Wildman–Crippen MR) is 219 cm³/mol. The van der Waals surface area contributed by atoms with Gasteiger partial charge in [-0.3, -0.25) is 19.2 Å². The van der Waals surface area contributed by atoms with Crippen LogP contribution in [-0.2, 0) is 42.9 Å². The highest BCUT2D eigenvalue weighted by molar-refractivity contribution is 6.38. The molecule has 3 N–H and O–H groups in total. The number of hydrogen-bond acceptors (Lipinski definition) is 12. The summed E-state index contributed by atoms with van der Waals surface area (Å²) in [7, 11) is 4.73. The van der Waals surface area contributed by atoms with E-state index in [1.807, 2.05) is 13.8 Å². The van der Waals surface area contributed by atoms with Gasteiger partial charge in [-0.15, -0.1) is 6.58 Å². The molecule has 3 aliphatic rings. The molecule has 13 heteroatoms. The molecule has 0 aromatic carbocycles. The molecule has 334 valence electrons. The average molecular weight is 824 g/mol. The molecule has 7 unspecified atom stereocenters. The fourth-order valence-corrected chi connectivity index (χ4v) is 9.98. The lowest BCUT2D eigenvalue weighted by atomic mass is 9.76. The van der Waals surface area contributed by atoms with E-state index in [1.54, 1.807) is 34.3 Å². The molecule has 13 nitrogen and oxygen atoms in total. The summed E-state index contributed by atoms with van der Waals surface area (Å²) in [5.74, 6) is -5.60. The zero-order valence-corrected chi connectivity index (χ0v) is 36.9. The summed E-state index contributed by atoms with van der Waals surface area (Å²) < 4.78 is 29.2. The van der Waals surface area contributed by atoms with Crippen LogP contribution in [0.1, 0.15) is 125 Å². The molecule has 2 saturated heterocycles. The number of rotatable bonds is 23. The Bertz CT molecular complexity index is 1320. The minimum absolute atomic E-state index is 0.0670. The summed E-state index contributed by atoms with van der Waals surface area (Å²) in [5, 5.41) is 33.4. The number of carbonyl (C=O) groups is 4. The molecule has 0 radical (unpaired) electrons. The van der Waals surface area contributed by atoms with Gasteiger partial charge < -0.3 is 43.9 Å². The van der Waals surface area contributed by atoms with E-state index in [0.717, 1.165) is 38.5 Å². The minimum atomic E-state index is -2.30. The van der Waals surface area contributed by atoms with E-state index in [9.17, 15) is 34.5 Å². The van der Waals surface area contributed by atoms with Crippen LogP contribution in [0.5, 0.6) is 0 Å². The van der Waals surface area contributed by atoms with Crippen LogP contribution in [0.4, 0.5) is 0 Å². The van der Waals surface area contributed by atoms with Gasteiger partial charge in [0.05, 0.1) is 30.5 Å². The SMILES string of the molecule is C=CCC(CC(C)C[C@H](C)C[C@H](OC)C1OC(O)(C(=O)C(=O)N2CCCCC2)[C@H](C)C[C@@H]1OC)C(=O)C[C@H](O)[C@@H](C)[C@H](OC(C)=O)C(C)CC1CC[C@@H](O)C(OC)C1. The van der Waals surface area contributed by atoms with Gasteiger partial charge in [0.2, 0.25) is 5.79 Å². The van der Waals surface area contributed by atoms with Crippen LogP contribution in [0.3, 0.4) is 0 Å². The molecule has 2 aliphatic heterocycles. The highest BCUT2D eigenvalue weighted by Gasteiger charge is 2.55. The molecular weight excluding hydrogens is 746 g/mol. The lowest BCUT2D eigenvalue weighted by Crippen LogP contribution is -2.63. The zero-order chi connectivity index (χ0) is 43.3. The number of ether oxygens (including phenoxy) is 5. The van der Waals surface area contributed by atoms with Gasteiger partial charge in [-0.25, -0.2) is 0 Å². The Morgan fingerprint density at radius 1 is 0.931 bits per heavy atom. The van der Waals surface area contributed by atoms with E-state index < -0.39 is 71.9 Å². The van der Waals surface area contributed by atoms with Gasteiger partial charge in [0.25, 0.3) is 11.7 Å². The van der Waals surface area contributed by atoms with Crippen molar-refractivity contribution < 1.29 is 58.2 Å². The molecule has 1 aliphatic carbocycles. The van der Waals surface area contributed by atoms with Gasteiger partial charge in [-0.05, 0) is 101 Å². The summed E-state index contributed by atoms with van der Waals surface area (Å²) >= 11 is 0. The van der Waals surface area contributed by atoms with Crippen molar-refractivity contribution in [2.75, 3.05) is 34.4 Å². The Hall–Kier alpha value is -2.26. The van der Waals surface area contributed by atoms with Crippen LogP contribution in [0.25, 0.3) is 0 Å². The van der Waals surface area contributed by atoms with Crippen molar-refractivity contribution >= 4 is 23.4 Å². The normalized spacial score (nSPS) is 30.9. The lowest BCUT2D eigenvalue weighted by molar-refractivity contribution is -0.302. The number of likely N-dealkylation sites (tertiary alicyclic amines) is 1. The molecule has 0 bridgehead atoms. The number of aliphatic hydroxyl groups is 3. The number of piperidine rings is 1. The zero-order valence-electron chi connectivity index (χ0n) is 36.9. The van der Waals surface area contributed by atoms with Crippen LogP contribution in [-0.4, -0.2) is 127 Å². The van der Waals surface area contributed by atoms with Gasteiger partial charge in [0, 0.05) is 65.5 Å². The van der Waals surface area contributed by atoms with Crippen LogP contribution < -0.4 is 0 Å². The summed E-state index contributed by atoms with van der Waals surface area (Å²) in [6.07, 6.45) is 5.68. The molecule has 3 fully saturated rings. The quantitative estimate of drug-likeness (QED) is 0.0677. The third kappa shape index (κ3) is 13.6. The number of hydrogen-bond donors (Lipinski definition) is 3. The largest absolute Gasteiger partial charge is 0.462 e. The van der Waals surface area contributed by atoms with Gasteiger partial charge in [-0.2, -0.15) is 0 Å². The summed E-state index contributed by atoms with van der Waals surface area (Å²) in [6.45, 7) is 15.9. The highest BCUT2D eigenvalue weighted by atomic mass is 16.7. The van der Waals surface area contributed by atoms with Gasteiger partial charge in [0.15, 0.2) is 0 Å².